The van der Waals surface area contributed by atoms with Crippen LogP contribution < -0.4 is 10.6 Å². The summed E-state index contributed by atoms with van der Waals surface area (Å²) in [4.78, 5) is 17.3. The monoisotopic (exact) mass is 341 g/mol. The van der Waals surface area contributed by atoms with Crippen molar-refractivity contribution in [3.8, 4) is 11.3 Å². The van der Waals surface area contributed by atoms with Crippen LogP contribution in [-0.2, 0) is 4.79 Å². The first-order valence-electron chi connectivity index (χ1n) is 8.70. The lowest BCUT2D eigenvalue weighted by atomic mass is 9.91. The number of amides is 1. The van der Waals surface area contributed by atoms with Gasteiger partial charge in [0.05, 0.1) is 11.7 Å². The molecule has 4 rings (SSSR count). The van der Waals surface area contributed by atoms with Crippen molar-refractivity contribution in [2.24, 2.45) is 11.3 Å². The predicted octanol–water partition coefficient (Wildman–Crippen LogP) is 3.38. The molecule has 2 aromatic rings. The summed E-state index contributed by atoms with van der Waals surface area (Å²) in [6.45, 7) is 4.13. The molecule has 0 radical (unpaired) electrons. The van der Waals surface area contributed by atoms with E-state index in [0.29, 0.717) is 0 Å². The standard InChI is InChI=1S/C19H23N3OS/c1-13(18-22-16(12-24-18)14-5-3-2-4-6-14)21-17(23)15-11-19(15)7-9-20-10-8-19/h2-6,12-13,15,20H,7-11H2,1H3,(H,21,23). The molecule has 1 amide bonds. The minimum absolute atomic E-state index is 0.0284. The second-order valence-corrected chi connectivity index (χ2v) is 7.93. The molecule has 2 fully saturated rings. The number of rotatable bonds is 4. The van der Waals surface area contributed by atoms with Gasteiger partial charge in [-0.15, -0.1) is 11.3 Å². The molecule has 4 nitrogen and oxygen atoms in total. The molecule has 2 atom stereocenters. The minimum atomic E-state index is -0.0284. The summed E-state index contributed by atoms with van der Waals surface area (Å²) >= 11 is 1.62. The van der Waals surface area contributed by atoms with Crippen LogP contribution in [0.15, 0.2) is 35.7 Å². The van der Waals surface area contributed by atoms with Gasteiger partial charge in [-0.1, -0.05) is 30.3 Å². The number of nitrogens with one attached hydrogen (secondary N) is 2. The van der Waals surface area contributed by atoms with E-state index in [1.54, 1.807) is 11.3 Å². The van der Waals surface area contributed by atoms with Crippen LogP contribution in [0, 0.1) is 11.3 Å². The number of piperidine rings is 1. The highest BCUT2D eigenvalue weighted by Gasteiger charge is 2.57. The summed E-state index contributed by atoms with van der Waals surface area (Å²) in [7, 11) is 0. The van der Waals surface area contributed by atoms with E-state index in [0.717, 1.165) is 48.6 Å². The van der Waals surface area contributed by atoms with E-state index in [9.17, 15) is 4.79 Å². The summed E-state index contributed by atoms with van der Waals surface area (Å²) < 4.78 is 0. The van der Waals surface area contributed by atoms with Crippen molar-refractivity contribution >= 4 is 17.2 Å². The Hall–Kier alpha value is -1.72. The van der Waals surface area contributed by atoms with Crippen molar-refractivity contribution < 1.29 is 4.79 Å². The van der Waals surface area contributed by atoms with Crippen LogP contribution in [0.1, 0.15) is 37.2 Å². The Morgan fingerprint density at radius 1 is 1.33 bits per heavy atom. The van der Waals surface area contributed by atoms with Crippen molar-refractivity contribution in [3.63, 3.8) is 0 Å². The van der Waals surface area contributed by atoms with E-state index in [1.807, 2.05) is 25.1 Å². The van der Waals surface area contributed by atoms with Crippen LogP contribution in [0.25, 0.3) is 11.3 Å². The third-order valence-electron chi connectivity index (χ3n) is 5.43. The van der Waals surface area contributed by atoms with Crippen LogP contribution >= 0.6 is 11.3 Å². The number of carbonyl (C=O) groups excluding carboxylic acids is 1. The molecule has 1 aliphatic heterocycles. The van der Waals surface area contributed by atoms with Gasteiger partial charge in [-0.3, -0.25) is 4.79 Å². The minimum Gasteiger partial charge on any atom is -0.347 e. The smallest absolute Gasteiger partial charge is 0.224 e. The largest absolute Gasteiger partial charge is 0.347 e. The van der Waals surface area contributed by atoms with E-state index >= 15 is 0 Å². The summed E-state index contributed by atoms with van der Waals surface area (Å²) in [5.41, 5.74) is 2.39. The number of aromatic nitrogens is 1. The first-order valence-corrected chi connectivity index (χ1v) is 9.58. The van der Waals surface area contributed by atoms with E-state index in [2.05, 4.69) is 28.1 Å². The predicted molar refractivity (Wildman–Crippen MR) is 96.8 cm³/mol. The number of nitrogens with zero attached hydrogens (tertiary/aromatic N) is 1. The zero-order valence-electron chi connectivity index (χ0n) is 13.9. The molecule has 0 bridgehead atoms. The van der Waals surface area contributed by atoms with E-state index in [-0.39, 0.29) is 23.3 Å². The molecule has 2 aliphatic rings. The first-order chi connectivity index (χ1) is 11.7. The van der Waals surface area contributed by atoms with Crippen molar-refractivity contribution in [2.75, 3.05) is 13.1 Å². The number of carbonyl (C=O) groups is 1. The normalized spacial score (nSPS) is 23.0. The van der Waals surface area contributed by atoms with Crippen LogP contribution in [0.2, 0.25) is 0 Å². The molecule has 1 spiro atoms. The van der Waals surface area contributed by atoms with Gasteiger partial charge in [0, 0.05) is 16.9 Å². The van der Waals surface area contributed by atoms with Crippen molar-refractivity contribution in [1.82, 2.24) is 15.6 Å². The zero-order chi connectivity index (χ0) is 16.6. The van der Waals surface area contributed by atoms with Crippen LogP contribution in [0.3, 0.4) is 0 Å². The lowest BCUT2D eigenvalue weighted by Crippen LogP contribution is -2.34. The maximum atomic E-state index is 12.6. The highest BCUT2D eigenvalue weighted by molar-refractivity contribution is 7.10. The van der Waals surface area contributed by atoms with Gasteiger partial charge >= 0.3 is 0 Å². The fourth-order valence-electron chi connectivity index (χ4n) is 3.80. The summed E-state index contributed by atoms with van der Waals surface area (Å²) in [6.07, 6.45) is 3.32. The van der Waals surface area contributed by atoms with Crippen molar-refractivity contribution in [2.45, 2.75) is 32.2 Å². The van der Waals surface area contributed by atoms with Gasteiger partial charge in [0.1, 0.15) is 5.01 Å². The maximum absolute atomic E-state index is 12.6. The molecule has 1 saturated heterocycles. The van der Waals surface area contributed by atoms with Crippen LogP contribution in [0.4, 0.5) is 0 Å². The van der Waals surface area contributed by atoms with Gasteiger partial charge in [-0.2, -0.15) is 0 Å². The van der Waals surface area contributed by atoms with Gasteiger partial charge < -0.3 is 10.6 Å². The van der Waals surface area contributed by atoms with E-state index in [1.165, 1.54) is 0 Å². The Morgan fingerprint density at radius 2 is 2.08 bits per heavy atom. The first kappa shape index (κ1) is 15.8. The molecule has 2 N–H and O–H groups in total. The Balaban J connectivity index is 1.39. The van der Waals surface area contributed by atoms with Crippen LogP contribution in [-0.4, -0.2) is 24.0 Å². The van der Waals surface area contributed by atoms with Crippen molar-refractivity contribution in [3.05, 3.63) is 40.7 Å². The lowest BCUT2D eigenvalue weighted by Gasteiger charge is -2.23. The summed E-state index contributed by atoms with van der Waals surface area (Å²) in [5, 5.41) is 9.61. The molecular weight excluding hydrogens is 318 g/mol. The Kier molecular flexibility index (Phi) is 4.14. The molecule has 2 unspecified atom stereocenters. The lowest BCUT2D eigenvalue weighted by molar-refractivity contribution is -0.123. The number of hydrogen-bond donors (Lipinski definition) is 2. The van der Waals surface area contributed by atoms with Gasteiger partial charge in [0.25, 0.3) is 0 Å². The summed E-state index contributed by atoms with van der Waals surface area (Å²) in [5.74, 6) is 0.413. The molecule has 1 aromatic heterocycles. The average Bonchev–Trinajstić information content (AvgIpc) is 3.08. The van der Waals surface area contributed by atoms with Gasteiger partial charge in [-0.05, 0) is 44.7 Å². The Morgan fingerprint density at radius 3 is 2.83 bits per heavy atom. The number of thiazole rings is 1. The maximum Gasteiger partial charge on any atom is 0.224 e. The quantitative estimate of drug-likeness (QED) is 0.896. The molecule has 1 saturated carbocycles. The van der Waals surface area contributed by atoms with Gasteiger partial charge in [-0.25, -0.2) is 4.98 Å². The Bertz CT molecular complexity index is 721. The highest BCUT2D eigenvalue weighted by Crippen LogP contribution is 2.58. The van der Waals surface area contributed by atoms with Gasteiger partial charge in [0.15, 0.2) is 0 Å². The SMILES string of the molecule is CC(NC(=O)C1CC12CCNCC2)c1nc(-c2ccccc2)cs1. The average molecular weight is 341 g/mol. The number of benzene rings is 1. The third kappa shape index (κ3) is 2.98. The molecular formula is C19H23N3OS. The zero-order valence-corrected chi connectivity index (χ0v) is 14.7. The molecule has 2 heterocycles. The molecule has 1 aromatic carbocycles. The highest BCUT2D eigenvalue weighted by atomic mass is 32.1. The second kappa shape index (κ2) is 6.30. The molecule has 1 aliphatic carbocycles. The van der Waals surface area contributed by atoms with Crippen molar-refractivity contribution in [1.29, 1.82) is 0 Å². The molecule has 126 valence electrons. The third-order valence-corrected chi connectivity index (χ3v) is 6.45. The fourth-order valence-corrected chi connectivity index (χ4v) is 4.63. The molecule has 5 heteroatoms. The van der Waals surface area contributed by atoms with Crippen LogP contribution in [0.5, 0.6) is 0 Å². The Labute approximate surface area is 146 Å². The fraction of sp³-hybridized carbons (Fsp3) is 0.474. The summed E-state index contributed by atoms with van der Waals surface area (Å²) in [6, 6.07) is 10.1. The topological polar surface area (TPSA) is 54.0 Å². The van der Waals surface area contributed by atoms with E-state index in [4.69, 9.17) is 4.98 Å². The van der Waals surface area contributed by atoms with Gasteiger partial charge in [0.2, 0.25) is 5.91 Å². The second-order valence-electron chi connectivity index (χ2n) is 7.04. The van der Waals surface area contributed by atoms with E-state index < -0.39 is 0 Å². The molecule has 24 heavy (non-hydrogen) atoms. The number of hydrogen-bond acceptors (Lipinski definition) is 4.